The lowest BCUT2D eigenvalue weighted by atomic mass is 10.1. The van der Waals surface area contributed by atoms with Crippen molar-refractivity contribution < 1.29 is 0 Å². The summed E-state index contributed by atoms with van der Waals surface area (Å²) in [6.07, 6.45) is 5.22. The maximum Gasteiger partial charge on any atom is 0.0373 e. The normalized spacial score (nSPS) is 27.2. The fourth-order valence-electron chi connectivity index (χ4n) is 3.52. The van der Waals surface area contributed by atoms with Crippen LogP contribution in [0.25, 0.3) is 0 Å². The second kappa shape index (κ2) is 4.93. The van der Waals surface area contributed by atoms with E-state index < -0.39 is 0 Å². The van der Waals surface area contributed by atoms with E-state index >= 15 is 0 Å². The molecule has 0 aliphatic carbocycles. The molecule has 98 valence electrons. The van der Waals surface area contributed by atoms with E-state index in [9.17, 15) is 0 Å². The largest absolute Gasteiger partial charge is 0.384 e. The van der Waals surface area contributed by atoms with Crippen LogP contribution >= 0.6 is 0 Å². The molecule has 1 aromatic rings. The molecular weight excluding hydrogens is 220 g/mol. The van der Waals surface area contributed by atoms with Crippen LogP contribution in [0.15, 0.2) is 18.2 Å². The van der Waals surface area contributed by atoms with Crippen LogP contribution in [0.3, 0.4) is 0 Å². The molecule has 3 rings (SSSR count). The van der Waals surface area contributed by atoms with Crippen molar-refractivity contribution in [1.29, 1.82) is 0 Å². The fraction of sp³-hybridized carbons (Fsp3) is 0.625. The number of hydrogen-bond donors (Lipinski definition) is 1. The van der Waals surface area contributed by atoms with Crippen LogP contribution < -0.4 is 5.32 Å². The quantitative estimate of drug-likeness (QED) is 0.876. The van der Waals surface area contributed by atoms with E-state index in [1.165, 1.54) is 42.5 Å². The molecule has 0 aromatic heterocycles. The van der Waals surface area contributed by atoms with Gasteiger partial charge in [-0.1, -0.05) is 19.1 Å². The van der Waals surface area contributed by atoms with Crippen molar-refractivity contribution in [3.05, 3.63) is 29.3 Å². The average Bonchev–Trinajstić information content (AvgIpc) is 2.97. The maximum atomic E-state index is 3.44. The number of anilines is 1. The maximum absolute atomic E-state index is 3.44. The minimum Gasteiger partial charge on any atom is -0.384 e. The Hall–Kier alpha value is -1.02. The molecule has 2 heterocycles. The van der Waals surface area contributed by atoms with Gasteiger partial charge in [-0.15, -0.1) is 0 Å². The molecule has 2 aliphatic rings. The van der Waals surface area contributed by atoms with Crippen LogP contribution in [0.2, 0.25) is 0 Å². The second-order valence-electron chi connectivity index (χ2n) is 5.83. The highest BCUT2D eigenvalue weighted by Gasteiger charge is 2.29. The summed E-state index contributed by atoms with van der Waals surface area (Å²) in [6.45, 7) is 6.94. The minimum absolute atomic E-state index is 0.751. The monoisotopic (exact) mass is 244 g/mol. The van der Waals surface area contributed by atoms with E-state index in [0.717, 1.165) is 25.2 Å². The van der Waals surface area contributed by atoms with Crippen LogP contribution in [0.5, 0.6) is 0 Å². The molecule has 2 unspecified atom stereocenters. The van der Waals surface area contributed by atoms with Crippen LogP contribution in [-0.4, -0.2) is 23.5 Å². The summed E-state index contributed by atoms with van der Waals surface area (Å²) in [5.41, 5.74) is 4.34. The van der Waals surface area contributed by atoms with E-state index in [0.29, 0.717) is 0 Å². The third kappa shape index (κ3) is 2.14. The van der Waals surface area contributed by atoms with Gasteiger partial charge in [-0.2, -0.15) is 0 Å². The Morgan fingerprint density at radius 1 is 1.33 bits per heavy atom. The Bertz CT molecular complexity index is 427. The van der Waals surface area contributed by atoms with Crippen LogP contribution in [-0.2, 0) is 13.0 Å². The van der Waals surface area contributed by atoms with Gasteiger partial charge in [-0.05, 0) is 49.8 Å². The fourth-order valence-corrected chi connectivity index (χ4v) is 3.52. The lowest BCUT2D eigenvalue weighted by Gasteiger charge is -2.27. The first kappa shape index (κ1) is 12.0. The first-order valence-corrected chi connectivity index (χ1v) is 7.39. The highest BCUT2D eigenvalue weighted by atomic mass is 15.2. The second-order valence-corrected chi connectivity index (χ2v) is 5.83. The molecule has 2 nitrogen and oxygen atoms in total. The van der Waals surface area contributed by atoms with Crippen LogP contribution in [0.1, 0.15) is 44.2 Å². The van der Waals surface area contributed by atoms with E-state index in [-0.39, 0.29) is 0 Å². The lowest BCUT2D eigenvalue weighted by molar-refractivity contribution is 0.189. The first-order chi connectivity index (χ1) is 8.78. The van der Waals surface area contributed by atoms with E-state index in [1.807, 2.05) is 0 Å². The molecule has 1 fully saturated rings. The van der Waals surface area contributed by atoms with Crippen molar-refractivity contribution in [2.24, 2.45) is 0 Å². The van der Waals surface area contributed by atoms with Crippen molar-refractivity contribution >= 4 is 5.69 Å². The van der Waals surface area contributed by atoms with Crippen molar-refractivity contribution in [2.45, 2.75) is 58.2 Å². The SMILES string of the molecule is CCC1CCC(C)N1Cc1ccc2c(c1)CCN2. The molecule has 1 aromatic carbocycles. The predicted octanol–water partition coefficient (Wildman–Crippen LogP) is 3.42. The standard InChI is InChI=1S/C16H24N2/c1-3-15-6-4-12(2)18(15)11-13-5-7-16-14(10-13)8-9-17-16/h5,7,10,12,15,17H,3-4,6,8-9,11H2,1-2H3. The Morgan fingerprint density at radius 3 is 3.06 bits per heavy atom. The summed E-state index contributed by atoms with van der Waals surface area (Å²) >= 11 is 0. The Morgan fingerprint density at radius 2 is 2.22 bits per heavy atom. The summed E-state index contributed by atoms with van der Waals surface area (Å²) in [6, 6.07) is 8.52. The number of nitrogens with zero attached hydrogens (tertiary/aromatic N) is 1. The number of fused-ring (bicyclic) bond motifs is 1. The number of hydrogen-bond acceptors (Lipinski definition) is 2. The summed E-state index contributed by atoms with van der Waals surface area (Å²) in [5.74, 6) is 0. The topological polar surface area (TPSA) is 15.3 Å². The Kier molecular flexibility index (Phi) is 3.29. The molecule has 1 saturated heterocycles. The van der Waals surface area contributed by atoms with Crippen molar-refractivity contribution in [3.8, 4) is 0 Å². The molecule has 0 radical (unpaired) electrons. The number of benzene rings is 1. The van der Waals surface area contributed by atoms with E-state index in [4.69, 9.17) is 0 Å². The zero-order chi connectivity index (χ0) is 12.5. The molecule has 1 N–H and O–H groups in total. The number of likely N-dealkylation sites (tertiary alicyclic amines) is 1. The van der Waals surface area contributed by atoms with Gasteiger partial charge in [0, 0.05) is 30.9 Å². The summed E-state index contributed by atoms with van der Waals surface area (Å²) < 4.78 is 0. The molecule has 0 bridgehead atoms. The molecule has 2 atom stereocenters. The molecule has 2 heteroatoms. The third-order valence-corrected chi connectivity index (χ3v) is 4.67. The third-order valence-electron chi connectivity index (χ3n) is 4.67. The van der Waals surface area contributed by atoms with E-state index in [1.54, 1.807) is 0 Å². The van der Waals surface area contributed by atoms with E-state index in [2.05, 4.69) is 42.3 Å². The lowest BCUT2D eigenvalue weighted by Crippen LogP contribution is -2.33. The molecule has 0 amide bonds. The highest BCUT2D eigenvalue weighted by Crippen LogP contribution is 2.29. The number of nitrogens with one attached hydrogen (secondary N) is 1. The average molecular weight is 244 g/mol. The van der Waals surface area contributed by atoms with Gasteiger partial charge >= 0.3 is 0 Å². The van der Waals surface area contributed by atoms with Gasteiger partial charge in [-0.25, -0.2) is 0 Å². The van der Waals surface area contributed by atoms with Crippen LogP contribution in [0, 0.1) is 0 Å². The molecule has 0 saturated carbocycles. The molecule has 0 spiro atoms. The Labute approximate surface area is 110 Å². The summed E-state index contributed by atoms with van der Waals surface area (Å²) in [5, 5.41) is 3.44. The summed E-state index contributed by atoms with van der Waals surface area (Å²) in [4.78, 5) is 2.70. The van der Waals surface area contributed by atoms with Crippen LogP contribution in [0.4, 0.5) is 5.69 Å². The molecule has 18 heavy (non-hydrogen) atoms. The van der Waals surface area contributed by atoms with Crippen molar-refractivity contribution in [3.63, 3.8) is 0 Å². The smallest absolute Gasteiger partial charge is 0.0373 e. The molecular formula is C16H24N2. The van der Waals surface area contributed by atoms with Gasteiger partial charge in [0.2, 0.25) is 0 Å². The minimum atomic E-state index is 0.751. The van der Waals surface area contributed by atoms with Gasteiger partial charge in [0.1, 0.15) is 0 Å². The number of rotatable bonds is 3. The Balaban J connectivity index is 1.75. The summed E-state index contributed by atoms with van der Waals surface area (Å²) in [7, 11) is 0. The van der Waals surface area contributed by atoms with Gasteiger partial charge in [0.15, 0.2) is 0 Å². The predicted molar refractivity (Wildman–Crippen MR) is 77.0 cm³/mol. The van der Waals surface area contributed by atoms with Gasteiger partial charge in [0.05, 0.1) is 0 Å². The van der Waals surface area contributed by atoms with Gasteiger partial charge < -0.3 is 5.32 Å². The van der Waals surface area contributed by atoms with Gasteiger partial charge in [0.25, 0.3) is 0 Å². The van der Waals surface area contributed by atoms with Crippen molar-refractivity contribution in [2.75, 3.05) is 11.9 Å². The zero-order valence-electron chi connectivity index (χ0n) is 11.6. The van der Waals surface area contributed by atoms with Gasteiger partial charge in [-0.3, -0.25) is 4.90 Å². The van der Waals surface area contributed by atoms with Crippen molar-refractivity contribution in [1.82, 2.24) is 4.90 Å². The highest BCUT2D eigenvalue weighted by molar-refractivity contribution is 5.56. The first-order valence-electron chi connectivity index (χ1n) is 7.39. The zero-order valence-corrected chi connectivity index (χ0v) is 11.6. The molecule has 2 aliphatic heterocycles.